The number of benzene rings is 2. The number of imide groups is 1. The Morgan fingerprint density at radius 1 is 1.03 bits per heavy atom. The second kappa shape index (κ2) is 7.60. The highest BCUT2D eigenvalue weighted by Gasteiger charge is 2.67. The summed E-state index contributed by atoms with van der Waals surface area (Å²) in [7, 11) is 0. The van der Waals surface area contributed by atoms with Gasteiger partial charge < -0.3 is 0 Å². The minimum atomic E-state index is -0.551. The molecule has 8 nitrogen and oxygen atoms in total. The molecule has 178 valence electrons. The zero-order chi connectivity index (χ0) is 24.6. The number of hydrogen-bond donors (Lipinski definition) is 0. The molecule has 6 atom stereocenters. The molecule has 2 aromatic carbocycles. The molecular formula is C27H25N3O5. The number of aryl methyl sites for hydroxylation is 2. The third kappa shape index (κ3) is 3.23. The van der Waals surface area contributed by atoms with Crippen molar-refractivity contribution in [3.63, 3.8) is 0 Å². The van der Waals surface area contributed by atoms with Crippen LogP contribution in [-0.4, -0.2) is 34.2 Å². The fourth-order valence-electron chi connectivity index (χ4n) is 6.57. The van der Waals surface area contributed by atoms with Crippen molar-refractivity contribution in [2.24, 2.45) is 35.5 Å². The normalized spacial score (nSPS) is 29.7. The van der Waals surface area contributed by atoms with E-state index in [2.05, 4.69) is 12.2 Å². The first-order valence-electron chi connectivity index (χ1n) is 11.9. The molecule has 0 aromatic heterocycles. The van der Waals surface area contributed by atoms with E-state index in [1.54, 1.807) is 6.07 Å². The Bertz CT molecular complexity index is 1300. The van der Waals surface area contributed by atoms with E-state index in [1.807, 2.05) is 26.0 Å². The lowest BCUT2D eigenvalue weighted by atomic mass is 9.63. The average molecular weight is 472 g/mol. The van der Waals surface area contributed by atoms with Gasteiger partial charge >= 0.3 is 0 Å². The van der Waals surface area contributed by atoms with Crippen molar-refractivity contribution >= 4 is 29.1 Å². The SMILES string of the molecule is Cc1ccc(N(CN2C(=O)C3C4C=CC(C5CC45)C3C2=O)C(=O)c2cccc([N+](=O)[O-])c2)c(C)c1. The van der Waals surface area contributed by atoms with Crippen LogP contribution in [0.25, 0.3) is 0 Å². The van der Waals surface area contributed by atoms with Gasteiger partial charge in [0.1, 0.15) is 6.67 Å². The third-order valence-corrected chi connectivity index (χ3v) is 8.23. The Hall–Kier alpha value is -3.81. The van der Waals surface area contributed by atoms with Crippen molar-refractivity contribution in [2.75, 3.05) is 11.6 Å². The maximum absolute atomic E-state index is 13.7. The summed E-state index contributed by atoms with van der Waals surface area (Å²) in [6, 6.07) is 11.1. The van der Waals surface area contributed by atoms with Gasteiger partial charge in [0.05, 0.1) is 16.8 Å². The van der Waals surface area contributed by atoms with E-state index in [4.69, 9.17) is 0 Å². The van der Waals surface area contributed by atoms with E-state index in [9.17, 15) is 24.5 Å². The Balaban J connectivity index is 1.37. The maximum Gasteiger partial charge on any atom is 0.270 e. The number of anilines is 1. The lowest BCUT2D eigenvalue weighted by Gasteiger charge is -2.37. The zero-order valence-corrected chi connectivity index (χ0v) is 19.5. The van der Waals surface area contributed by atoms with Crippen LogP contribution < -0.4 is 4.90 Å². The van der Waals surface area contributed by atoms with E-state index in [-0.39, 0.29) is 53.4 Å². The summed E-state index contributed by atoms with van der Waals surface area (Å²) in [5.41, 5.74) is 2.31. The van der Waals surface area contributed by atoms with Gasteiger partial charge in [-0.15, -0.1) is 0 Å². The molecule has 2 bridgehead atoms. The van der Waals surface area contributed by atoms with Gasteiger partial charge in [-0.2, -0.15) is 0 Å². The Morgan fingerprint density at radius 3 is 2.29 bits per heavy atom. The number of non-ortho nitro benzene ring substituents is 1. The molecule has 1 heterocycles. The molecular weight excluding hydrogens is 446 g/mol. The number of nitro groups is 1. The van der Waals surface area contributed by atoms with E-state index in [1.165, 1.54) is 34.1 Å². The van der Waals surface area contributed by atoms with Crippen LogP contribution in [0.5, 0.6) is 0 Å². The first-order valence-corrected chi connectivity index (χ1v) is 11.9. The molecule has 1 aliphatic heterocycles. The highest BCUT2D eigenvalue weighted by atomic mass is 16.6. The summed E-state index contributed by atoms with van der Waals surface area (Å²) in [6.45, 7) is 3.59. The molecule has 5 aliphatic rings. The van der Waals surface area contributed by atoms with Gasteiger partial charge in [-0.1, -0.05) is 35.9 Å². The molecule has 0 radical (unpaired) electrons. The molecule has 2 saturated carbocycles. The van der Waals surface area contributed by atoms with Crippen LogP contribution in [0.4, 0.5) is 11.4 Å². The van der Waals surface area contributed by atoms with Crippen LogP contribution in [0.15, 0.2) is 54.6 Å². The van der Waals surface area contributed by atoms with Gasteiger partial charge in [-0.25, -0.2) is 0 Å². The van der Waals surface area contributed by atoms with Gasteiger partial charge in [0, 0.05) is 23.4 Å². The summed E-state index contributed by atoms with van der Waals surface area (Å²) in [4.78, 5) is 54.2. The van der Waals surface area contributed by atoms with Crippen molar-refractivity contribution in [1.29, 1.82) is 0 Å². The van der Waals surface area contributed by atoms with Crippen LogP contribution >= 0.6 is 0 Å². The predicted octanol–water partition coefficient (Wildman–Crippen LogP) is 3.87. The molecule has 4 aliphatic carbocycles. The highest BCUT2D eigenvalue weighted by molar-refractivity contribution is 6.10. The van der Waals surface area contributed by atoms with Gasteiger partial charge in [0.2, 0.25) is 11.8 Å². The number of rotatable bonds is 5. The molecule has 3 fully saturated rings. The van der Waals surface area contributed by atoms with E-state index in [0.717, 1.165) is 17.5 Å². The van der Waals surface area contributed by atoms with Crippen LogP contribution in [0.3, 0.4) is 0 Å². The van der Waals surface area contributed by atoms with Gasteiger partial charge in [-0.05, 0) is 61.6 Å². The Labute approximate surface area is 202 Å². The second-order valence-corrected chi connectivity index (χ2v) is 10.2. The first kappa shape index (κ1) is 21.7. The van der Waals surface area contributed by atoms with Gasteiger partial charge in [0.25, 0.3) is 11.6 Å². The molecule has 6 unspecified atom stereocenters. The monoisotopic (exact) mass is 471 g/mol. The predicted molar refractivity (Wildman–Crippen MR) is 127 cm³/mol. The summed E-state index contributed by atoms with van der Waals surface area (Å²) >= 11 is 0. The number of nitro benzene ring substituents is 1. The molecule has 7 rings (SSSR count). The van der Waals surface area contributed by atoms with Crippen LogP contribution in [0, 0.1) is 59.5 Å². The number of carbonyl (C=O) groups excluding carboxylic acids is 3. The van der Waals surface area contributed by atoms with Crippen molar-refractivity contribution in [3.05, 3.63) is 81.4 Å². The number of nitrogens with zero attached hydrogens (tertiary/aromatic N) is 3. The van der Waals surface area contributed by atoms with Crippen molar-refractivity contribution in [3.8, 4) is 0 Å². The molecule has 3 amide bonds. The highest BCUT2D eigenvalue weighted by Crippen LogP contribution is 2.65. The fourth-order valence-corrected chi connectivity index (χ4v) is 6.57. The minimum absolute atomic E-state index is 0.0958. The maximum atomic E-state index is 13.7. The summed E-state index contributed by atoms with van der Waals surface area (Å²) < 4.78 is 0. The number of allylic oxidation sites excluding steroid dienone is 2. The fraction of sp³-hybridized carbons (Fsp3) is 0.370. The van der Waals surface area contributed by atoms with E-state index in [0.29, 0.717) is 17.5 Å². The van der Waals surface area contributed by atoms with Crippen LogP contribution in [0.1, 0.15) is 27.9 Å². The van der Waals surface area contributed by atoms with Crippen molar-refractivity contribution < 1.29 is 19.3 Å². The van der Waals surface area contributed by atoms with Gasteiger partial charge in [0.15, 0.2) is 0 Å². The quantitative estimate of drug-likeness (QED) is 0.285. The zero-order valence-electron chi connectivity index (χ0n) is 19.5. The van der Waals surface area contributed by atoms with Crippen LogP contribution in [0.2, 0.25) is 0 Å². The molecule has 35 heavy (non-hydrogen) atoms. The number of amides is 3. The Kier molecular flexibility index (Phi) is 4.71. The third-order valence-electron chi connectivity index (χ3n) is 8.23. The smallest absolute Gasteiger partial charge is 0.270 e. The Morgan fingerprint density at radius 2 is 1.69 bits per heavy atom. The van der Waals surface area contributed by atoms with E-state index >= 15 is 0 Å². The number of carbonyl (C=O) groups is 3. The molecule has 2 aromatic rings. The number of hydrogen-bond acceptors (Lipinski definition) is 5. The second-order valence-electron chi connectivity index (χ2n) is 10.2. The van der Waals surface area contributed by atoms with E-state index < -0.39 is 10.8 Å². The topological polar surface area (TPSA) is 101 Å². The lowest BCUT2D eigenvalue weighted by molar-refractivity contribution is -0.384. The summed E-state index contributed by atoms with van der Waals surface area (Å²) in [5.74, 6) is -0.463. The molecule has 1 saturated heterocycles. The summed E-state index contributed by atoms with van der Waals surface area (Å²) in [5, 5.41) is 11.3. The van der Waals surface area contributed by atoms with Crippen molar-refractivity contribution in [1.82, 2.24) is 4.90 Å². The molecule has 0 spiro atoms. The minimum Gasteiger partial charge on any atom is -0.289 e. The standard InChI is InChI=1S/C27H25N3O5/c1-14-6-9-22(15(2)10-14)28(25(31)16-4-3-5-17(11-16)30(34)35)13-29-26(32)23-18-7-8-19(21-12-20(18)21)24(23)27(29)33/h3-11,18-21,23-24H,12-13H2,1-2H3. The molecule has 8 heteroatoms. The lowest BCUT2D eigenvalue weighted by Crippen LogP contribution is -2.45. The van der Waals surface area contributed by atoms with Gasteiger partial charge in [-0.3, -0.25) is 34.3 Å². The number of likely N-dealkylation sites (tertiary alicyclic amines) is 1. The molecule has 0 N–H and O–H groups in total. The first-order chi connectivity index (χ1) is 16.8. The average Bonchev–Trinajstić information content (AvgIpc) is 3.63. The van der Waals surface area contributed by atoms with Crippen LogP contribution in [-0.2, 0) is 9.59 Å². The summed E-state index contributed by atoms with van der Waals surface area (Å²) in [6.07, 6.45) is 5.31. The van der Waals surface area contributed by atoms with Crippen molar-refractivity contribution in [2.45, 2.75) is 20.3 Å². The largest absolute Gasteiger partial charge is 0.289 e.